The van der Waals surface area contributed by atoms with Gasteiger partial charge in [0.1, 0.15) is 5.65 Å². The molecule has 1 aliphatic heterocycles. The second-order valence-electron chi connectivity index (χ2n) is 7.88. The second kappa shape index (κ2) is 7.41. The Morgan fingerprint density at radius 1 is 0.966 bits per heavy atom. The van der Waals surface area contributed by atoms with Crippen LogP contribution in [0.5, 0.6) is 0 Å². The summed E-state index contributed by atoms with van der Waals surface area (Å²) in [5, 5.41) is 0. The molecular weight excluding hydrogens is 358 g/mol. The Morgan fingerprint density at radius 3 is 2.66 bits per heavy atom. The number of rotatable bonds is 3. The van der Waals surface area contributed by atoms with E-state index in [1.807, 2.05) is 24.5 Å². The molecule has 0 unspecified atom stereocenters. The van der Waals surface area contributed by atoms with E-state index < -0.39 is 0 Å². The quantitative estimate of drug-likeness (QED) is 0.500. The highest BCUT2D eigenvalue weighted by Gasteiger charge is 2.32. The summed E-state index contributed by atoms with van der Waals surface area (Å²) in [6.07, 6.45) is 11.3. The lowest BCUT2D eigenvalue weighted by atomic mass is 9.91. The second-order valence-corrected chi connectivity index (χ2v) is 7.88. The highest BCUT2D eigenvalue weighted by molar-refractivity contribution is 5.63. The maximum atomic E-state index is 5.00. The monoisotopic (exact) mass is 383 g/mol. The van der Waals surface area contributed by atoms with Crippen LogP contribution >= 0.6 is 0 Å². The van der Waals surface area contributed by atoms with Crippen molar-refractivity contribution in [3.05, 3.63) is 84.2 Å². The van der Waals surface area contributed by atoms with Crippen LogP contribution in [0.1, 0.15) is 48.3 Å². The van der Waals surface area contributed by atoms with Crippen LogP contribution in [0.2, 0.25) is 0 Å². The minimum atomic E-state index is 0.289. The van der Waals surface area contributed by atoms with Crippen LogP contribution in [0.15, 0.2) is 67.3 Å². The van der Waals surface area contributed by atoms with Crippen molar-refractivity contribution < 1.29 is 0 Å². The lowest BCUT2D eigenvalue weighted by Crippen LogP contribution is -2.34. The van der Waals surface area contributed by atoms with Crippen molar-refractivity contribution in [2.45, 2.75) is 38.3 Å². The van der Waals surface area contributed by atoms with Crippen LogP contribution < -0.4 is 0 Å². The normalized spacial score (nSPS) is 20.2. The number of piperidine rings is 1. The van der Waals surface area contributed by atoms with Crippen molar-refractivity contribution in [3.8, 4) is 11.3 Å². The predicted molar refractivity (Wildman–Crippen MR) is 114 cm³/mol. The first-order chi connectivity index (χ1) is 14.2. The molecule has 0 aromatic carbocycles. The summed E-state index contributed by atoms with van der Waals surface area (Å²) in [5.74, 6) is 0. The molecule has 4 aromatic heterocycles. The van der Waals surface area contributed by atoms with Crippen molar-refractivity contribution in [1.82, 2.24) is 24.3 Å². The van der Waals surface area contributed by atoms with Crippen molar-refractivity contribution in [3.63, 3.8) is 0 Å². The summed E-state index contributed by atoms with van der Waals surface area (Å²) in [5.41, 5.74) is 6.78. The molecule has 5 heteroatoms. The minimum absolute atomic E-state index is 0.289. The van der Waals surface area contributed by atoms with E-state index in [1.165, 1.54) is 17.7 Å². The van der Waals surface area contributed by atoms with Crippen LogP contribution in [0.25, 0.3) is 16.9 Å². The van der Waals surface area contributed by atoms with Gasteiger partial charge in [-0.25, -0.2) is 4.98 Å². The first kappa shape index (κ1) is 18.0. The Hall–Kier alpha value is -3.05. The Morgan fingerprint density at radius 2 is 1.83 bits per heavy atom. The molecule has 5 nitrogen and oxygen atoms in total. The molecule has 1 saturated heterocycles. The highest BCUT2D eigenvalue weighted by atomic mass is 15.2. The molecule has 2 atom stereocenters. The van der Waals surface area contributed by atoms with Crippen molar-refractivity contribution in [2.75, 3.05) is 7.05 Å². The van der Waals surface area contributed by atoms with Crippen LogP contribution in [0.3, 0.4) is 0 Å². The fourth-order valence-electron chi connectivity index (χ4n) is 4.60. The Kier molecular flexibility index (Phi) is 4.60. The maximum absolute atomic E-state index is 5.00. The molecular formula is C24H25N5. The van der Waals surface area contributed by atoms with Gasteiger partial charge in [0.05, 0.1) is 29.2 Å². The topological polar surface area (TPSA) is 46.3 Å². The average molecular weight is 383 g/mol. The van der Waals surface area contributed by atoms with Crippen LogP contribution in [0, 0.1) is 6.92 Å². The van der Waals surface area contributed by atoms with Gasteiger partial charge in [0.2, 0.25) is 0 Å². The fourth-order valence-corrected chi connectivity index (χ4v) is 4.60. The van der Waals surface area contributed by atoms with Crippen LogP contribution in [0.4, 0.5) is 0 Å². The third-order valence-electron chi connectivity index (χ3n) is 6.11. The Bertz CT molecular complexity index is 1130. The molecule has 0 spiro atoms. The number of pyridine rings is 3. The third kappa shape index (κ3) is 3.21. The molecule has 1 fully saturated rings. The van der Waals surface area contributed by atoms with E-state index >= 15 is 0 Å². The lowest BCUT2D eigenvalue weighted by molar-refractivity contribution is 0.109. The minimum Gasteiger partial charge on any atom is -0.299 e. The van der Waals surface area contributed by atoms with Crippen LogP contribution in [-0.2, 0) is 0 Å². The first-order valence-corrected chi connectivity index (χ1v) is 10.2. The molecule has 5 rings (SSSR count). The highest BCUT2D eigenvalue weighted by Crippen LogP contribution is 2.40. The van der Waals surface area contributed by atoms with E-state index in [0.717, 1.165) is 35.4 Å². The molecule has 0 saturated carbocycles. The summed E-state index contributed by atoms with van der Waals surface area (Å²) in [7, 11) is 2.22. The zero-order valence-corrected chi connectivity index (χ0v) is 16.9. The summed E-state index contributed by atoms with van der Waals surface area (Å²) in [6, 6.07) is 15.1. The Labute approximate surface area is 171 Å². The number of imidazole rings is 1. The van der Waals surface area contributed by atoms with Gasteiger partial charge in [0, 0.05) is 30.4 Å². The Balaban J connectivity index is 1.53. The molecule has 0 aliphatic carbocycles. The van der Waals surface area contributed by atoms with Gasteiger partial charge < -0.3 is 0 Å². The number of hydrogen-bond donors (Lipinski definition) is 0. The standard InChI is InChI=1S/C24H25N5/c1-17-7-5-14-26-24(17)22-11-3-10-21(28(22)2)19-16-29-20(9-4-12-23(29)27-19)18-8-6-13-25-15-18/h4-9,12-16,21-22H,3,10-11H2,1-2H3/t21-,22+/m1/s1. The molecule has 0 amide bonds. The molecule has 0 radical (unpaired) electrons. The smallest absolute Gasteiger partial charge is 0.137 e. The largest absolute Gasteiger partial charge is 0.299 e. The van der Waals surface area contributed by atoms with E-state index in [4.69, 9.17) is 9.97 Å². The van der Waals surface area contributed by atoms with E-state index in [0.29, 0.717) is 6.04 Å². The molecule has 1 aliphatic rings. The van der Waals surface area contributed by atoms with E-state index in [2.05, 4.69) is 64.8 Å². The summed E-state index contributed by atoms with van der Waals surface area (Å²) < 4.78 is 2.19. The lowest BCUT2D eigenvalue weighted by Gasteiger charge is -2.39. The number of fused-ring (bicyclic) bond motifs is 1. The SMILES string of the molecule is Cc1cccnc1[C@@H]1CCC[C@H](c2cn3c(-c4cccnc4)cccc3n2)N1C. The van der Waals surface area contributed by atoms with Gasteiger partial charge in [0.25, 0.3) is 0 Å². The van der Waals surface area contributed by atoms with Gasteiger partial charge in [-0.15, -0.1) is 0 Å². The fraction of sp³-hybridized carbons (Fsp3) is 0.292. The van der Waals surface area contributed by atoms with Gasteiger partial charge in [-0.1, -0.05) is 12.1 Å². The maximum Gasteiger partial charge on any atom is 0.137 e. The molecule has 29 heavy (non-hydrogen) atoms. The van der Waals surface area contributed by atoms with Gasteiger partial charge in [-0.3, -0.25) is 19.3 Å². The summed E-state index contributed by atoms with van der Waals surface area (Å²) in [6.45, 7) is 2.16. The number of likely N-dealkylation sites (tertiary alicyclic amines) is 1. The van der Waals surface area contributed by atoms with Gasteiger partial charge in [-0.2, -0.15) is 0 Å². The average Bonchev–Trinajstić information content (AvgIpc) is 3.19. The van der Waals surface area contributed by atoms with Crippen molar-refractivity contribution in [2.24, 2.45) is 0 Å². The molecule has 4 aromatic rings. The zero-order chi connectivity index (χ0) is 19.8. The van der Waals surface area contributed by atoms with Crippen LogP contribution in [-0.4, -0.2) is 31.3 Å². The number of aromatic nitrogens is 4. The number of aryl methyl sites for hydroxylation is 1. The molecule has 146 valence electrons. The van der Waals surface area contributed by atoms with E-state index in [-0.39, 0.29) is 6.04 Å². The van der Waals surface area contributed by atoms with E-state index in [9.17, 15) is 0 Å². The van der Waals surface area contributed by atoms with E-state index in [1.54, 1.807) is 6.20 Å². The predicted octanol–water partition coefficient (Wildman–Crippen LogP) is 5.00. The molecule has 5 heterocycles. The first-order valence-electron chi connectivity index (χ1n) is 10.2. The summed E-state index contributed by atoms with van der Waals surface area (Å²) in [4.78, 5) is 16.4. The van der Waals surface area contributed by atoms with Gasteiger partial charge in [0.15, 0.2) is 0 Å². The summed E-state index contributed by atoms with van der Waals surface area (Å²) >= 11 is 0. The van der Waals surface area contributed by atoms with Crippen molar-refractivity contribution >= 4 is 5.65 Å². The van der Waals surface area contributed by atoms with Crippen molar-refractivity contribution in [1.29, 1.82) is 0 Å². The van der Waals surface area contributed by atoms with Gasteiger partial charge in [-0.05, 0) is 69.1 Å². The number of hydrogen-bond acceptors (Lipinski definition) is 4. The molecule has 0 bridgehead atoms. The molecule has 0 N–H and O–H groups in total. The number of nitrogens with zero attached hydrogens (tertiary/aromatic N) is 5. The third-order valence-corrected chi connectivity index (χ3v) is 6.11. The zero-order valence-electron chi connectivity index (χ0n) is 16.9. The van der Waals surface area contributed by atoms with Gasteiger partial charge >= 0.3 is 0 Å².